The van der Waals surface area contributed by atoms with Crippen molar-refractivity contribution < 1.29 is 29.8 Å². The first kappa shape index (κ1) is 25.6. The van der Waals surface area contributed by atoms with E-state index in [9.17, 15) is 24.6 Å². The molecule has 0 spiro atoms. The van der Waals surface area contributed by atoms with Gasteiger partial charge in [0.1, 0.15) is 11.8 Å². The number of nitrogens with zero attached hydrogens (tertiary/aromatic N) is 1. The number of carbonyl (C=O) groups excluding carboxylic acids is 3. The number of amides is 3. The van der Waals surface area contributed by atoms with Gasteiger partial charge in [-0.1, -0.05) is 38.3 Å². The smallest absolute Gasteiger partial charge is 0.245 e. The Labute approximate surface area is 188 Å². The summed E-state index contributed by atoms with van der Waals surface area (Å²) in [6, 6.07) is 5.27. The van der Waals surface area contributed by atoms with Crippen LogP contribution in [-0.4, -0.2) is 63.3 Å². The summed E-state index contributed by atoms with van der Waals surface area (Å²) in [6.45, 7) is 2.41. The van der Waals surface area contributed by atoms with Crippen LogP contribution in [0.3, 0.4) is 0 Å². The number of rotatable bonds is 12. The molecule has 0 aromatic heterocycles. The Morgan fingerprint density at radius 3 is 2.53 bits per heavy atom. The van der Waals surface area contributed by atoms with Crippen LogP contribution in [0.5, 0.6) is 5.75 Å². The lowest BCUT2D eigenvalue weighted by Crippen LogP contribution is -2.53. The van der Waals surface area contributed by atoms with Gasteiger partial charge in [0, 0.05) is 25.3 Å². The van der Waals surface area contributed by atoms with Crippen molar-refractivity contribution in [3.8, 4) is 5.75 Å². The SMILES string of the molecule is CCCCC[C@H](CC(=O)NO)C(=O)N[C@@H](Cc1ccc(O)cc1)C(=O)N1CCC[C@H]1CO. The third-order valence-electron chi connectivity index (χ3n) is 5.95. The molecular weight excluding hydrogens is 414 g/mol. The fourth-order valence-corrected chi connectivity index (χ4v) is 4.11. The van der Waals surface area contributed by atoms with E-state index in [4.69, 9.17) is 5.21 Å². The van der Waals surface area contributed by atoms with Crippen molar-refractivity contribution in [3.05, 3.63) is 29.8 Å². The molecule has 178 valence electrons. The molecule has 0 aliphatic carbocycles. The molecule has 2 rings (SSSR count). The maximum atomic E-state index is 13.3. The number of hydrogen-bond acceptors (Lipinski definition) is 6. The molecule has 1 aliphatic heterocycles. The van der Waals surface area contributed by atoms with E-state index in [0.717, 1.165) is 31.2 Å². The van der Waals surface area contributed by atoms with Gasteiger partial charge in [-0.3, -0.25) is 19.6 Å². The molecule has 1 aliphatic rings. The summed E-state index contributed by atoms with van der Waals surface area (Å²) in [5.74, 6) is -1.91. The van der Waals surface area contributed by atoms with Gasteiger partial charge >= 0.3 is 0 Å². The van der Waals surface area contributed by atoms with Crippen molar-refractivity contribution >= 4 is 17.7 Å². The third-order valence-corrected chi connectivity index (χ3v) is 5.95. The molecule has 3 atom stereocenters. The van der Waals surface area contributed by atoms with Crippen LogP contribution in [0.25, 0.3) is 0 Å². The van der Waals surface area contributed by atoms with Crippen LogP contribution in [0.4, 0.5) is 0 Å². The number of aromatic hydroxyl groups is 1. The summed E-state index contributed by atoms with van der Waals surface area (Å²) in [5.41, 5.74) is 2.34. The molecule has 0 unspecified atom stereocenters. The maximum absolute atomic E-state index is 13.3. The highest BCUT2D eigenvalue weighted by molar-refractivity contribution is 5.91. The van der Waals surface area contributed by atoms with Crippen molar-refractivity contribution in [1.29, 1.82) is 0 Å². The first-order chi connectivity index (χ1) is 15.4. The number of aliphatic hydroxyl groups is 1. The van der Waals surface area contributed by atoms with Crippen molar-refractivity contribution in [2.24, 2.45) is 5.92 Å². The largest absolute Gasteiger partial charge is 0.508 e. The van der Waals surface area contributed by atoms with Gasteiger partial charge in [-0.2, -0.15) is 0 Å². The second kappa shape index (κ2) is 13.0. The molecule has 1 fully saturated rings. The highest BCUT2D eigenvalue weighted by atomic mass is 16.5. The Balaban J connectivity index is 2.19. The van der Waals surface area contributed by atoms with E-state index in [1.165, 1.54) is 12.1 Å². The summed E-state index contributed by atoms with van der Waals surface area (Å²) in [5, 5.41) is 30.9. The highest BCUT2D eigenvalue weighted by Gasteiger charge is 2.35. The average Bonchev–Trinajstić information content (AvgIpc) is 3.27. The van der Waals surface area contributed by atoms with Crippen LogP contribution in [0.2, 0.25) is 0 Å². The Hall–Kier alpha value is -2.65. The van der Waals surface area contributed by atoms with Gasteiger partial charge in [-0.25, -0.2) is 5.48 Å². The number of carbonyl (C=O) groups is 3. The number of phenolic OH excluding ortho intramolecular Hbond substituents is 1. The molecule has 5 N–H and O–H groups in total. The second-order valence-corrected chi connectivity index (χ2v) is 8.37. The van der Waals surface area contributed by atoms with Crippen molar-refractivity contribution in [1.82, 2.24) is 15.7 Å². The first-order valence-corrected chi connectivity index (χ1v) is 11.3. The zero-order valence-electron chi connectivity index (χ0n) is 18.6. The van der Waals surface area contributed by atoms with E-state index in [1.807, 2.05) is 6.92 Å². The Kier molecular flexibility index (Phi) is 10.4. The van der Waals surface area contributed by atoms with Gasteiger partial charge in [0.05, 0.1) is 12.6 Å². The highest BCUT2D eigenvalue weighted by Crippen LogP contribution is 2.21. The number of benzene rings is 1. The number of hydroxylamine groups is 1. The molecule has 1 aromatic rings. The molecule has 0 radical (unpaired) electrons. The quantitative estimate of drug-likeness (QED) is 0.186. The first-order valence-electron chi connectivity index (χ1n) is 11.3. The van der Waals surface area contributed by atoms with E-state index >= 15 is 0 Å². The zero-order chi connectivity index (χ0) is 23.5. The van der Waals surface area contributed by atoms with Crippen LogP contribution in [0, 0.1) is 5.92 Å². The van der Waals surface area contributed by atoms with Crippen molar-refractivity contribution in [2.45, 2.75) is 70.4 Å². The minimum atomic E-state index is -0.870. The molecule has 1 heterocycles. The molecule has 9 nitrogen and oxygen atoms in total. The summed E-state index contributed by atoms with van der Waals surface area (Å²) < 4.78 is 0. The Morgan fingerprint density at radius 1 is 1.19 bits per heavy atom. The molecule has 1 aromatic carbocycles. The topological polar surface area (TPSA) is 139 Å². The van der Waals surface area contributed by atoms with E-state index in [1.54, 1.807) is 22.5 Å². The minimum Gasteiger partial charge on any atom is -0.508 e. The van der Waals surface area contributed by atoms with Gasteiger partial charge < -0.3 is 20.4 Å². The molecule has 32 heavy (non-hydrogen) atoms. The maximum Gasteiger partial charge on any atom is 0.245 e. The predicted octanol–water partition coefficient (Wildman–Crippen LogP) is 1.49. The number of nitrogens with one attached hydrogen (secondary N) is 2. The molecule has 1 saturated heterocycles. The van der Waals surface area contributed by atoms with Gasteiger partial charge in [-0.15, -0.1) is 0 Å². The molecule has 3 amide bonds. The molecular formula is C23H35N3O6. The van der Waals surface area contributed by atoms with E-state index in [2.05, 4.69) is 5.32 Å². The van der Waals surface area contributed by atoms with Gasteiger partial charge in [0.15, 0.2) is 0 Å². The molecule has 0 saturated carbocycles. The lowest BCUT2D eigenvalue weighted by molar-refractivity contribution is -0.139. The van der Waals surface area contributed by atoms with Crippen LogP contribution in [0.1, 0.15) is 57.4 Å². The second-order valence-electron chi connectivity index (χ2n) is 8.37. The lowest BCUT2D eigenvalue weighted by atomic mass is 9.95. The fraction of sp³-hybridized carbons (Fsp3) is 0.609. The Morgan fingerprint density at radius 2 is 1.91 bits per heavy atom. The summed E-state index contributed by atoms with van der Waals surface area (Å²) in [7, 11) is 0. The van der Waals surface area contributed by atoms with E-state index in [0.29, 0.717) is 19.4 Å². The number of hydrogen-bond donors (Lipinski definition) is 5. The lowest BCUT2D eigenvalue weighted by Gasteiger charge is -2.29. The molecule has 9 heteroatoms. The number of likely N-dealkylation sites (tertiary alicyclic amines) is 1. The number of aliphatic hydroxyl groups excluding tert-OH is 1. The predicted molar refractivity (Wildman–Crippen MR) is 118 cm³/mol. The number of unbranched alkanes of at least 4 members (excludes halogenated alkanes) is 2. The average molecular weight is 450 g/mol. The van der Waals surface area contributed by atoms with Gasteiger partial charge in [-0.05, 0) is 37.0 Å². The van der Waals surface area contributed by atoms with Crippen LogP contribution < -0.4 is 10.8 Å². The monoisotopic (exact) mass is 449 g/mol. The summed E-state index contributed by atoms with van der Waals surface area (Å²) >= 11 is 0. The minimum absolute atomic E-state index is 0.103. The van der Waals surface area contributed by atoms with Crippen molar-refractivity contribution in [3.63, 3.8) is 0 Å². The zero-order valence-corrected chi connectivity index (χ0v) is 18.6. The van der Waals surface area contributed by atoms with Crippen LogP contribution in [0.15, 0.2) is 24.3 Å². The normalized spacial score (nSPS) is 17.6. The Bertz CT molecular complexity index is 755. The van der Waals surface area contributed by atoms with Crippen LogP contribution in [-0.2, 0) is 20.8 Å². The standard InChI is InChI=1S/C23H35N3O6/c1-2-3-4-6-17(14-21(29)25-32)22(30)24-20(13-16-8-10-19(28)11-9-16)23(31)26-12-5-7-18(26)15-27/h8-11,17-18,20,27-28,32H,2-7,12-15H2,1H3,(H,24,30)(H,25,29)/t17-,18+,20+/m1/s1. The molecule has 0 bridgehead atoms. The fourth-order valence-electron chi connectivity index (χ4n) is 4.11. The van der Waals surface area contributed by atoms with E-state index < -0.39 is 23.8 Å². The van der Waals surface area contributed by atoms with Crippen molar-refractivity contribution in [2.75, 3.05) is 13.2 Å². The third kappa shape index (κ3) is 7.49. The van der Waals surface area contributed by atoms with E-state index in [-0.39, 0.29) is 37.1 Å². The summed E-state index contributed by atoms with van der Waals surface area (Å²) in [6.07, 6.45) is 4.62. The van der Waals surface area contributed by atoms with Gasteiger partial charge in [0.25, 0.3) is 0 Å². The van der Waals surface area contributed by atoms with Gasteiger partial charge in [0.2, 0.25) is 17.7 Å². The van der Waals surface area contributed by atoms with Crippen LogP contribution >= 0.6 is 0 Å². The summed E-state index contributed by atoms with van der Waals surface area (Å²) in [4.78, 5) is 39.7. The number of phenols is 1.